The van der Waals surface area contributed by atoms with E-state index >= 15 is 0 Å². The van der Waals surface area contributed by atoms with E-state index in [4.69, 9.17) is 15.9 Å². The fraction of sp³-hybridized carbons (Fsp3) is 0.308. The van der Waals surface area contributed by atoms with Gasteiger partial charge in [-0.15, -0.1) is 11.3 Å². The molecule has 12 heteroatoms. The number of amides is 3. The van der Waals surface area contributed by atoms with Gasteiger partial charge in [0.25, 0.3) is 0 Å². The molecule has 0 aliphatic carbocycles. The lowest BCUT2D eigenvalue weighted by Gasteiger charge is -2.21. The zero-order valence-corrected chi connectivity index (χ0v) is 21.2. The van der Waals surface area contributed by atoms with Crippen molar-refractivity contribution in [2.45, 2.75) is 50.6 Å². The maximum absolute atomic E-state index is 12.7. The van der Waals surface area contributed by atoms with Crippen LogP contribution in [0.5, 0.6) is 0 Å². The van der Waals surface area contributed by atoms with Crippen LogP contribution in [0.15, 0.2) is 48.5 Å². The molecule has 0 saturated heterocycles. The first-order chi connectivity index (χ1) is 18.1. The van der Waals surface area contributed by atoms with Gasteiger partial charge in [-0.2, -0.15) is 0 Å². The summed E-state index contributed by atoms with van der Waals surface area (Å²) in [6, 6.07) is 13.0. The molecule has 6 N–H and O–H groups in total. The van der Waals surface area contributed by atoms with E-state index in [2.05, 4.69) is 15.6 Å². The Morgan fingerprint density at radius 3 is 2.08 bits per heavy atom. The predicted molar refractivity (Wildman–Crippen MR) is 140 cm³/mol. The number of carbonyl (C=O) groups excluding carboxylic acids is 3. The number of carbonyl (C=O) groups is 5. The predicted octanol–water partition coefficient (Wildman–Crippen LogP) is 2.08. The van der Waals surface area contributed by atoms with Crippen LogP contribution in [0.1, 0.15) is 37.7 Å². The van der Waals surface area contributed by atoms with Gasteiger partial charge in [-0.1, -0.05) is 36.4 Å². The molecular weight excluding hydrogens is 512 g/mol. The van der Waals surface area contributed by atoms with Gasteiger partial charge in [0.1, 0.15) is 17.1 Å². The lowest BCUT2D eigenvalue weighted by atomic mass is 10.1. The zero-order valence-electron chi connectivity index (χ0n) is 20.4. The summed E-state index contributed by atoms with van der Waals surface area (Å²) in [4.78, 5) is 63.3. The number of aromatic nitrogens is 1. The number of hydrogen-bond donors (Lipinski definition) is 5. The molecule has 0 unspecified atom stereocenters. The van der Waals surface area contributed by atoms with Crippen molar-refractivity contribution in [2.75, 3.05) is 0 Å². The minimum Gasteiger partial charge on any atom is -0.481 e. The minimum absolute atomic E-state index is 0.0373. The van der Waals surface area contributed by atoms with Crippen LogP contribution in [0.2, 0.25) is 0 Å². The second kappa shape index (κ2) is 13.3. The first-order valence-corrected chi connectivity index (χ1v) is 12.7. The summed E-state index contributed by atoms with van der Waals surface area (Å²) in [5.41, 5.74) is 8.02. The van der Waals surface area contributed by atoms with Crippen LogP contribution in [0, 0.1) is 0 Å². The molecule has 3 aromatic rings. The van der Waals surface area contributed by atoms with E-state index in [1.807, 2.05) is 48.5 Å². The van der Waals surface area contributed by atoms with Crippen molar-refractivity contribution in [1.29, 1.82) is 0 Å². The number of para-hydroxylation sites is 1. The number of thiazole rings is 1. The van der Waals surface area contributed by atoms with Gasteiger partial charge in [0.05, 0.1) is 10.2 Å². The average molecular weight is 541 g/mol. The van der Waals surface area contributed by atoms with Crippen molar-refractivity contribution in [3.63, 3.8) is 0 Å². The molecule has 3 amide bonds. The molecule has 0 aliphatic heterocycles. The molecule has 3 rings (SSSR count). The standard InChI is InChI=1S/C26H28N4O7S/c27-24(36)18(10-13-22(32)33)29-25(37)19(11-14-23(34)35)28-21(31)12-7-15-5-8-16(9-6-15)26-30-17-3-1-2-4-20(17)38-26/h1-6,8-9,18-19H,7,10-14H2,(H2,27,36)(H,28,31)(H,29,37)(H,32,33)(H,34,35)/t18-,19-/m0/s1. The third-order valence-corrected chi connectivity index (χ3v) is 6.83. The fourth-order valence-electron chi connectivity index (χ4n) is 3.70. The first kappa shape index (κ1) is 28.3. The molecule has 1 heterocycles. The Kier molecular flexibility index (Phi) is 9.88. The molecule has 0 fully saturated rings. The third-order valence-electron chi connectivity index (χ3n) is 5.74. The highest BCUT2D eigenvalue weighted by atomic mass is 32.1. The van der Waals surface area contributed by atoms with Crippen molar-refractivity contribution in [3.05, 3.63) is 54.1 Å². The Morgan fingerprint density at radius 2 is 1.47 bits per heavy atom. The van der Waals surface area contributed by atoms with E-state index in [0.29, 0.717) is 6.42 Å². The highest BCUT2D eigenvalue weighted by molar-refractivity contribution is 7.21. The Bertz CT molecular complexity index is 1290. The number of primary amides is 1. The summed E-state index contributed by atoms with van der Waals surface area (Å²) in [6.45, 7) is 0. The van der Waals surface area contributed by atoms with Crippen molar-refractivity contribution in [2.24, 2.45) is 5.73 Å². The largest absolute Gasteiger partial charge is 0.481 e. The number of aliphatic carboxylic acids is 2. The van der Waals surface area contributed by atoms with E-state index in [-0.39, 0.29) is 19.3 Å². The van der Waals surface area contributed by atoms with Gasteiger partial charge in [0, 0.05) is 24.8 Å². The van der Waals surface area contributed by atoms with Crippen molar-refractivity contribution in [3.8, 4) is 10.6 Å². The van der Waals surface area contributed by atoms with Crippen LogP contribution in [-0.2, 0) is 30.4 Å². The van der Waals surface area contributed by atoms with Crippen LogP contribution in [0.3, 0.4) is 0 Å². The number of carboxylic acid groups (broad SMARTS) is 2. The Labute approximate surface area is 222 Å². The number of nitrogens with one attached hydrogen (secondary N) is 2. The summed E-state index contributed by atoms with van der Waals surface area (Å²) < 4.78 is 1.09. The lowest BCUT2D eigenvalue weighted by molar-refractivity contribution is -0.139. The van der Waals surface area contributed by atoms with Gasteiger partial charge in [-0.25, -0.2) is 4.98 Å². The average Bonchev–Trinajstić information content (AvgIpc) is 3.32. The lowest BCUT2D eigenvalue weighted by Crippen LogP contribution is -2.53. The monoisotopic (exact) mass is 540 g/mol. The van der Waals surface area contributed by atoms with Gasteiger partial charge in [0.2, 0.25) is 17.7 Å². The number of carboxylic acids is 2. The van der Waals surface area contributed by atoms with Crippen molar-refractivity contribution in [1.82, 2.24) is 15.6 Å². The van der Waals surface area contributed by atoms with Gasteiger partial charge in [-0.3, -0.25) is 24.0 Å². The topological polar surface area (TPSA) is 189 Å². The number of nitrogens with two attached hydrogens (primary N) is 1. The maximum atomic E-state index is 12.7. The molecule has 2 atom stereocenters. The molecule has 38 heavy (non-hydrogen) atoms. The molecule has 2 aromatic carbocycles. The number of benzene rings is 2. The molecule has 0 aliphatic rings. The van der Waals surface area contributed by atoms with Crippen molar-refractivity contribution >= 4 is 51.2 Å². The fourth-order valence-corrected chi connectivity index (χ4v) is 4.67. The quantitative estimate of drug-likeness (QED) is 0.205. The third kappa shape index (κ3) is 8.37. The maximum Gasteiger partial charge on any atom is 0.303 e. The SMILES string of the molecule is NC(=O)[C@H](CCC(=O)O)NC(=O)[C@H](CCC(=O)O)NC(=O)CCc1ccc(-c2nc3ccccc3s2)cc1. The van der Waals surface area contributed by atoms with E-state index in [9.17, 15) is 24.0 Å². The molecule has 0 bridgehead atoms. The van der Waals surface area contributed by atoms with E-state index in [1.54, 1.807) is 11.3 Å². The zero-order chi connectivity index (χ0) is 27.7. The number of hydrogen-bond acceptors (Lipinski definition) is 7. The molecular formula is C26H28N4O7S. The normalized spacial score (nSPS) is 12.4. The van der Waals surface area contributed by atoms with Crippen LogP contribution >= 0.6 is 11.3 Å². The molecule has 200 valence electrons. The van der Waals surface area contributed by atoms with Gasteiger partial charge < -0.3 is 26.6 Å². The van der Waals surface area contributed by atoms with Gasteiger partial charge in [0.15, 0.2) is 0 Å². The number of rotatable bonds is 14. The Morgan fingerprint density at radius 1 is 0.842 bits per heavy atom. The van der Waals surface area contributed by atoms with E-state index < -0.39 is 54.6 Å². The molecule has 1 aromatic heterocycles. The highest BCUT2D eigenvalue weighted by Gasteiger charge is 2.26. The summed E-state index contributed by atoms with van der Waals surface area (Å²) >= 11 is 1.59. The van der Waals surface area contributed by atoms with Crippen LogP contribution < -0.4 is 16.4 Å². The number of aryl methyl sites for hydroxylation is 1. The molecule has 0 saturated carbocycles. The summed E-state index contributed by atoms with van der Waals surface area (Å²) in [5.74, 6) is -4.56. The Balaban J connectivity index is 1.58. The highest BCUT2D eigenvalue weighted by Crippen LogP contribution is 2.30. The second-order valence-corrected chi connectivity index (χ2v) is 9.66. The van der Waals surface area contributed by atoms with E-state index in [1.165, 1.54) is 0 Å². The van der Waals surface area contributed by atoms with Crippen LogP contribution in [0.4, 0.5) is 0 Å². The summed E-state index contributed by atoms with van der Waals surface area (Å²) in [7, 11) is 0. The number of nitrogens with zero attached hydrogens (tertiary/aromatic N) is 1. The molecule has 0 radical (unpaired) electrons. The van der Waals surface area contributed by atoms with Gasteiger partial charge >= 0.3 is 11.9 Å². The molecule has 0 spiro atoms. The smallest absolute Gasteiger partial charge is 0.303 e. The molecule has 11 nitrogen and oxygen atoms in total. The van der Waals surface area contributed by atoms with Gasteiger partial charge in [-0.05, 0) is 37.0 Å². The minimum atomic E-state index is -1.27. The van der Waals surface area contributed by atoms with Crippen LogP contribution in [0.25, 0.3) is 20.8 Å². The summed E-state index contributed by atoms with van der Waals surface area (Å²) in [6.07, 6.45) is -0.839. The Hall–Kier alpha value is -4.32. The van der Waals surface area contributed by atoms with Crippen molar-refractivity contribution < 1.29 is 34.2 Å². The first-order valence-electron chi connectivity index (χ1n) is 11.9. The second-order valence-electron chi connectivity index (χ2n) is 8.63. The van der Waals surface area contributed by atoms with E-state index in [0.717, 1.165) is 26.4 Å². The summed E-state index contributed by atoms with van der Waals surface area (Å²) in [5, 5.41) is 23.5. The number of fused-ring (bicyclic) bond motifs is 1. The van der Waals surface area contributed by atoms with Crippen LogP contribution in [-0.4, -0.2) is 56.9 Å².